The van der Waals surface area contributed by atoms with Crippen molar-refractivity contribution in [2.24, 2.45) is 0 Å². The zero-order valence-electron chi connectivity index (χ0n) is 10.4. The minimum atomic E-state index is -0.119. The Balaban J connectivity index is 1.65. The molecule has 0 spiro atoms. The van der Waals surface area contributed by atoms with Crippen molar-refractivity contribution >= 4 is 33.6 Å². The third-order valence-electron chi connectivity index (χ3n) is 3.23. The molecule has 4 nitrogen and oxygen atoms in total. The van der Waals surface area contributed by atoms with Gasteiger partial charge in [-0.15, -0.1) is 22.7 Å². The first kappa shape index (κ1) is 12.6. The average Bonchev–Trinajstić information content (AvgIpc) is 3.01. The van der Waals surface area contributed by atoms with E-state index in [0.717, 1.165) is 17.8 Å². The molecule has 0 aromatic carbocycles. The molecule has 2 heterocycles. The number of carbonyl (C=O) groups is 1. The van der Waals surface area contributed by atoms with Crippen LogP contribution in [0.15, 0.2) is 11.4 Å². The highest BCUT2D eigenvalue weighted by Crippen LogP contribution is 2.26. The zero-order valence-corrected chi connectivity index (χ0v) is 12.1. The topological polar surface area (TPSA) is 68.0 Å². The highest BCUT2D eigenvalue weighted by Gasteiger charge is 2.16. The molecular formula is C13H15N3OS2. The van der Waals surface area contributed by atoms with Crippen LogP contribution in [0.5, 0.6) is 0 Å². The maximum atomic E-state index is 11.9. The molecule has 19 heavy (non-hydrogen) atoms. The van der Waals surface area contributed by atoms with Crippen LogP contribution in [0.3, 0.4) is 0 Å². The monoisotopic (exact) mass is 293 g/mol. The number of rotatable bonds is 3. The third kappa shape index (κ3) is 2.64. The smallest absolute Gasteiger partial charge is 0.254 e. The predicted octanol–water partition coefficient (Wildman–Crippen LogP) is 2.60. The van der Waals surface area contributed by atoms with Crippen molar-refractivity contribution in [3.8, 4) is 0 Å². The fourth-order valence-corrected chi connectivity index (χ4v) is 3.98. The van der Waals surface area contributed by atoms with Crippen LogP contribution in [0.1, 0.15) is 38.8 Å². The Morgan fingerprint density at radius 3 is 3.00 bits per heavy atom. The van der Waals surface area contributed by atoms with Gasteiger partial charge in [-0.25, -0.2) is 4.98 Å². The molecule has 0 bridgehead atoms. The minimum absolute atomic E-state index is 0.119. The first-order valence-corrected chi connectivity index (χ1v) is 8.02. The quantitative estimate of drug-likeness (QED) is 0.914. The summed E-state index contributed by atoms with van der Waals surface area (Å²) in [5.74, 6) is -0.119. The number of aromatic nitrogens is 1. The highest BCUT2D eigenvalue weighted by molar-refractivity contribution is 7.14. The molecule has 0 aliphatic heterocycles. The van der Waals surface area contributed by atoms with E-state index in [-0.39, 0.29) is 5.91 Å². The molecule has 6 heteroatoms. The van der Waals surface area contributed by atoms with Gasteiger partial charge >= 0.3 is 0 Å². The fourth-order valence-electron chi connectivity index (χ4n) is 2.24. The van der Waals surface area contributed by atoms with Gasteiger partial charge in [0.1, 0.15) is 5.01 Å². The highest BCUT2D eigenvalue weighted by atomic mass is 32.1. The summed E-state index contributed by atoms with van der Waals surface area (Å²) >= 11 is 3.10. The summed E-state index contributed by atoms with van der Waals surface area (Å²) < 4.78 is 0. The summed E-state index contributed by atoms with van der Waals surface area (Å²) in [4.78, 5) is 17.9. The SMILES string of the molecule is Nc1sccc1C(=O)NCc1nc2c(s1)CCCC2. The van der Waals surface area contributed by atoms with Gasteiger partial charge in [0.05, 0.1) is 22.8 Å². The number of thiophene rings is 1. The fraction of sp³-hybridized carbons (Fsp3) is 0.385. The van der Waals surface area contributed by atoms with Gasteiger partial charge in [-0.1, -0.05) is 0 Å². The van der Waals surface area contributed by atoms with Crippen molar-refractivity contribution < 1.29 is 4.79 Å². The van der Waals surface area contributed by atoms with Crippen molar-refractivity contribution in [1.29, 1.82) is 0 Å². The second kappa shape index (κ2) is 5.30. The summed E-state index contributed by atoms with van der Waals surface area (Å²) in [5, 5.41) is 6.27. The van der Waals surface area contributed by atoms with Crippen molar-refractivity contribution in [3.63, 3.8) is 0 Å². The number of aryl methyl sites for hydroxylation is 2. The van der Waals surface area contributed by atoms with Gasteiger partial charge in [0.15, 0.2) is 0 Å². The maximum Gasteiger partial charge on any atom is 0.254 e. The Kier molecular flexibility index (Phi) is 3.52. The molecule has 1 amide bonds. The van der Waals surface area contributed by atoms with Gasteiger partial charge in [-0.3, -0.25) is 4.79 Å². The van der Waals surface area contributed by atoms with E-state index >= 15 is 0 Å². The number of thiazole rings is 1. The second-order valence-electron chi connectivity index (χ2n) is 4.57. The largest absolute Gasteiger partial charge is 0.390 e. The number of carbonyl (C=O) groups excluding carboxylic acids is 1. The number of nitrogen functional groups attached to an aromatic ring is 1. The van der Waals surface area contributed by atoms with Crippen LogP contribution < -0.4 is 11.1 Å². The maximum absolute atomic E-state index is 11.9. The average molecular weight is 293 g/mol. The van der Waals surface area contributed by atoms with Crippen molar-refractivity contribution in [3.05, 3.63) is 32.6 Å². The van der Waals surface area contributed by atoms with E-state index in [0.29, 0.717) is 17.1 Å². The van der Waals surface area contributed by atoms with Crippen LogP contribution in [0.4, 0.5) is 5.00 Å². The van der Waals surface area contributed by atoms with Gasteiger partial charge in [0.25, 0.3) is 5.91 Å². The summed E-state index contributed by atoms with van der Waals surface area (Å²) in [5.41, 5.74) is 7.53. The normalized spacial score (nSPS) is 14.1. The van der Waals surface area contributed by atoms with E-state index in [1.54, 1.807) is 17.4 Å². The molecule has 100 valence electrons. The molecule has 3 N–H and O–H groups in total. The molecule has 1 aliphatic carbocycles. The van der Waals surface area contributed by atoms with Crippen molar-refractivity contribution in [2.45, 2.75) is 32.2 Å². The number of fused-ring (bicyclic) bond motifs is 1. The Bertz CT molecular complexity index is 579. The number of nitrogens with one attached hydrogen (secondary N) is 1. The Morgan fingerprint density at radius 2 is 2.26 bits per heavy atom. The lowest BCUT2D eigenvalue weighted by atomic mass is 10.0. The summed E-state index contributed by atoms with van der Waals surface area (Å²) in [7, 11) is 0. The van der Waals surface area contributed by atoms with Gasteiger partial charge in [-0.2, -0.15) is 0 Å². The molecule has 1 aliphatic rings. The van der Waals surface area contributed by atoms with Crippen LogP contribution in [0, 0.1) is 0 Å². The van der Waals surface area contributed by atoms with E-state index in [1.165, 1.54) is 34.7 Å². The van der Waals surface area contributed by atoms with Crippen LogP contribution in [-0.2, 0) is 19.4 Å². The van der Waals surface area contributed by atoms with Crippen molar-refractivity contribution in [2.75, 3.05) is 5.73 Å². The van der Waals surface area contributed by atoms with Gasteiger partial charge in [0, 0.05) is 4.88 Å². The molecule has 0 saturated heterocycles. The number of hydrogen-bond donors (Lipinski definition) is 2. The van der Waals surface area contributed by atoms with Gasteiger partial charge < -0.3 is 11.1 Å². The molecule has 2 aromatic heterocycles. The Morgan fingerprint density at radius 1 is 1.42 bits per heavy atom. The van der Waals surface area contributed by atoms with E-state index in [9.17, 15) is 4.79 Å². The van der Waals surface area contributed by atoms with Crippen LogP contribution in [0.25, 0.3) is 0 Å². The van der Waals surface area contributed by atoms with Crippen molar-refractivity contribution in [1.82, 2.24) is 10.3 Å². The van der Waals surface area contributed by atoms with Crippen LogP contribution in [-0.4, -0.2) is 10.9 Å². The molecular weight excluding hydrogens is 278 g/mol. The first-order valence-electron chi connectivity index (χ1n) is 6.32. The number of anilines is 1. The molecule has 3 rings (SSSR count). The molecule has 0 radical (unpaired) electrons. The number of nitrogens with two attached hydrogens (primary N) is 1. The molecule has 0 unspecified atom stereocenters. The van der Waals surface area contributed by atoms with E-state index < -0.39 is 0 Å². The summed E-state index contributed by atoms with van der Waals surface area (Å²) in [6.45, 7) is 0.492. The van der Waals surface area contributed by atoms with E-state index in [2.05, 4.69) is 10.3 Å². The summed E-state index contributed by atoms with van der Waals surface area (Å²) in [6, 6.07) is 1.75. The lowest BCUT2D eigenvalue weighted by molar-refractivity contribution is 0.0952. The standard InChI is InChI=1S/C13H15N3OS2/c14-12-8(5-6-18-12)13(17)15-7-11-16-9-3-1-2-4-10(9)19-11/h5-6H,1-4,7,14H2,(H,15,17). The molecule has 0 fully saturated rings. The minimum Gasteiger partial charge on any atom is -0.390 e. The zero-order chi connectivity index (χ0) is 13.2. The Hall–Kier alpha value is -1.40. The third-order valence-corrected chi connectivity index (χ3v) is 5.13. The van der Waals surface area contributed by atoms with Gasteiger partial charge in [-0.05, 0) is 37.1 Å². The molecule has 0 atom stereocenters. The van der Waals surface area contributed by atoms with Crippen LogP contribution in [0.2, 0.25) is 0 Å². The molecule has 0 saturated carbocycles. The number of amides is 1. The van der Waals surface area contributed by atoms with E-state index in [1.807, 2.05) is 5.38 Å². The summed E-state index contributed by atoms with van der Waals surface area (Å²) in [6.07, 6.45) is 4.70. The first-order chi connectivity index (χ1) is 9.24. The Labute approximate surface area is 119 Å². The number of nitrogens with zero attached hydrogens (tertiary/aromatic N) is 1. The number of hydrogen-bond acceptors (Lipinski definition) is 5. The second-order valence-corrected chi connectivity index (χ2v) is 6.68. The van der Waals surface area contributed by atoms with Crippen LogP contribution >= 0.6 is 22.7 Å². The van der Waals surface area contributed by atoms with Gasteiger partial charge in [0.2, 0.25) is 0 Å². The predicted molar refractivity (Wildman–Crippen MR) is 78.7 cm³/mol. The lowest BCUT2D eigenvalue weighted by Gasteiger charge is -2.06. The molecule has 2 aromatic rings. The van der Waals surface area contributed by atoms with E-state index in [4.69, 9.17) is 5.73 Å². The lowest BCUT2D eigenvalue weighted by Crippen LogP contribution is -2.23.